The number of carboxylic acid groups (broad SMARTS) is 1. The van der Waals surface area contributed by atoms with Crippen LogP contribution in [-0.4, -0.2) is 46.4 Å². The van der Waals surface area contributed by atoms with Crippen molar-refractivity contribution < 1.29 is 19.5 Å². The highest BCUT2D eigenvalue weighted by atomic mass is 16.4. The summed E-state index contributed by atoms with van der Waals surface area (Å²) in [5, 5.41) is 11.3. The lowest BCUT2D eigenvalue weighted by Crippen LogP contribution is -2.44. The van der Waals surface area contributed by atoms with Crippen molar-refractivity contribution in [1.82, 2.24) is 10.2 Å². The summed E-state index contributed by atoms with van der Waals surface area (Å²) >= 11 is 0. The van der Waals surface area contributed by atoms with E-state index in [4.69, 9.17) is 5.11 Å². The largest absolute Gasteiger partial charge is 0.480 e. The average molecular weight is 256 g/mol. The molecule has 2 amide bonds. The average Bonchev–Trinajstić information content (AvgIpc) is 2.67. The summed E-state index contributed by atoms with van der Waals surface area (Å²) in [7, 11) is 0. The van der Waals surface area contributed by atoms with Crippen LogP contribution in [0.4, 0.5) is 0 Å². The van der Waals surface area contributed by atoms with Crippen molar-refractivity contribution in [3.63, 3.8) is 0 Å². The molecular formula is C12H20N2O4. The van der Waals surface area contributed by atoms with E-state index in [0.717, 1.165) is 0 Å². The number of hydrogen-bond acceptors (Lipinski definition) is 3. The van der Waals surface area contributed by atoms with Gasteiger partial charge in [-0.3, -0.25) is 9.59 Å². The number of hydrogen-bond donors (Lipinski definition) is 2. The number of rotatable bonds is 5. The maximum absolute atomic E-state index is 11.9. The second-order valence-corrected chi connectivity index (χ2v) is 4.85. The minimum absolute atomic E-state index is 0.0477. The molecule has 1 unspecified atom stereocenters. The minimum atomic E-state index is -1.05. The molecule has 0 aromatic rings. The lowest BCUT2D eigenvalue weighted by atomic mass is 10.1. The van der Waals surface area contributed by atoms with Gasteiger partial charge in [0.2, 0.25) is 11.8 Å². The van der Waals surface area contributed by atoms with Gasteiger partial charge in [0.1, 0.15) is 6.04 Å². The van der Waals surface area contributed by atoms with Gasteiger partial charge in [-0.2, -0.15) is 0 Å². The van der Waals surface area contributed by atoms with Gasteiger partial charge in [0, 0.05) is 19.0 Å². The van der Waals surface area contributed by atoms with Crippen molar-refractivity contribution in [1.29, 1.82) is 0 Å². The first kappa shape index (κ1) is 14.5. The fraction of sp³-hybridized carbons (Fsp3) is 0.750. The van der Waals surface area contributed by atoms with E-state index in [1.807, 2.05) is 13.8 Å². The van der Waals surface area contributed by atoms with E-state index in [1.54, 1.807) is 11.8 Å². The number of amides is 2. The van der Waals surface area contributed by atoms with E-state index < -0.39 is 17.9 Å². The van der Waals surface area contributed by atoms with Gasteiger partial charge in [-0.1, -0.05) is 6.92 Å². The van der Waals surface area contributed by atoms with Crippen LogP contribution in [-0.2, 0) is 14.4 Å². The number of likely N-dealkylation sites (tertiary alicyclic amines) is 1. The monoisotopic (exact) mass is 256 g/mol. The Morgan fingerprint density at radius 1 is 1.50 bits per heavy atom. The first-order valence-electron chi connectivity index (χ1n) is 6.19. The summed E-state index contributed by atoms with van der Waals surface area (Å²) in [5.74, 6) is -1.88. The van der Waals surface area contributed by atoms with Crippen LogP contribution in [0, 0.1) is 5.92 Å². The molecule has 0 saturated carbocycles. The summed E-state index contributed by atoms with van der Waals surface area (Å²) in [4.78, 5) is 36.0. The maximum Gasteiger partial charge on any atom is 0.326 e. The van der Waals surface area contributed by atoms with Crippen LogP contribution < -0.4 is 5.32 Å². The van der Waals surface area contributed by atoms with Crippen LogP contribution in [0.5, 0.6) is 0 Å². The fourth-order valence-corrected chi connectivity index (χ4v) is 2.03. The molecule has 102 valence electrons. The van der Waals surface area contributed by atoms with Crippen LogP contribution in [0.2, 0.25) is 0 Å². The molecule has 1 aliphatic rings. The number of nitrogens with zero attached hydrogens (tertiary/aromatic N) is 1. The van der Waals surface area contributed by atoms with E-state index in [-0.39, 0.29) is 24.3 Å². The molecule has 1 aliphatic heterocycles. The Morgan fingerprint density at radius 3 is 2.50 bits per heavy atom. The first-order valence-corrected chi connectivity index (χ1v) is 6.19. The molecule has 1 saturated heterocycles. The topological polar surface area (TPSA) is 86.7 Å². The predicted octanol–water partition coefficient (Wildman–Crippen LogP) is 0.223. The molecule has 0 radical (unpaired) electrons. The first-order chi connectivity index (χ1) is 8.36. The summed E-state index contributed by atoms with van der Waals surface area (Å²) in [5.41, 5.74) is 0. The van der Waals surface area contributed by atoms with Gasteiger partial charge in [-0.25, -0.2) is 4.79 Å². The molecule has 1 rings (SSSR count). The fourth-order valence-electron chi connectivity index (χ4n) is 2.03. The third kappa shape index (κ3) is 3.21. The quantitative estimate of drug-likeness (QED) is 0.737. The van der Waals surface area contributed by atoms with E-state index in [9.17, 15) is 14.4 Å². The zero-order valence-corrected chi connectivity index (χ0v) is 11.0. The van der Waals surface area contributed by atoms with Crippen molar-refractivity contribution in [2.24, 2.45) is 5.92 Å². The molecule has 0 aromatic carbocycles. The number of carboxylic acids is 1. The molecule has 2 N–H and O–H groups in total. The van der Waals surface area contributed by atoms with Crippen LogP contribution >= 0.6 is 0 Å². The predicted molar refractivity (Wildman–Crippen MR) is 64.8 cm³/mol. The Balaban J connectivity index is 2.59. The standard InChI is InChI=1S/C12H20N2O4/c1-4-9(12(17)18)13-11(16)8-5-10(15)14(6-8)7(2)3/h7-9H,4-6H2,1-3H3,(H,13,16)(H,17,18)/t8?,9-/m1/s1. The molecule has 0 aromatic heterocycles. The molecule has 0 spiro atoms. The summed E-state index contributed by atoms with van der Waals surface area (Å²) in [6.45, 7) is 5.85. The summed E-state index contributed by atoms with van der Waals surface area (Å²) in [6, 6.07) is -0.808. The highest BCUT2D eigenvalue weighted by molar-refractivity contribution is 5.91. The normalized spacial score (nSPS) is 21.2. The summed E-state index contributed by atoms with van der Waals surface area (Å²) < 4.78 is 0. The highest BCUT2D eigenvalue weighted by Crippen LogP contribution is 2.20. The van der Waals surface area contributed by atoms with E-state index >= 15 is 0 Å². The Kier molecular flexibility index (Phi) is 4.69. The third-order valence-corrected chi connectivity index (χ3v) is 3.18. The molecule has 1 heterocycles. The van der Waals surface area contributed by atoms with Crippen LogP contribution in [0.15, 0.2) is 0 Å². The van der Waals surface area contributed by atoms with Gasteiger partial charge >= 0.3 is 5.97 Å². The number of aliphatic carboxylic acids is 1. The SMILES string of the molecule is CC[C@@H](NC(=O)C1CC(=O)N(C(C)C)C1)C(=O)O. The zero-order valence-electron chi connectivity index (χ0n) is 11.0. The zero-order chi connectivity index (χ0) is 13.9. The second kappa shape index (κ2) is 5.84. The maximum atomic E-state index is 11.9. The Morgan fingerprint density at radius 2 is 2.11 bits per heavy atom. The number of carbonyl (C=O) groups excluding carboxylic acids is 2. The van der Waals surface area contributed by atoms with Crippen molar-refractivity contribution in [3.05, 3.63) is 0 Å². The van der Waals surface area contributed by atoms with Gasteiger partial charge in [0.05, 0.1) is 5.92 Å². The Labute approximate surface area is 106 Å². The molecule has 0 bridgehead atoms. The molecule has 0 aliphatic carbocycles. The summed E-state index contributed by atoms with van der Waals surface area (Å²) in [6.07, 6.45) is 0.496. The van der Waals surface area contributed by atoms with Crippen molar-refractivity contribution >= 4 is 17.8 Å². The van der Waals surface area contributed by atoms with E-state index in [0.29, 0.717) is 13.0 Å². The number of carbonyl (C=O) groups is 3. The van der Waals surface area contributed by atoms with Crippen molar-refractivity contribution in [2.75, 3.05) is 6.54 Å². The molecule has 2 atom stereocenters. The van der Waals surface area contributed by atoms with Gasteiger partial charge in [0.15, 0.2) is 0 Å². The van der Waals surface area contributed by atoms with Gasteiger partial charge < -0.3 is 15.3 Å². The van der Waals surface area contributed by atoms with Crippen LogP contribution in [0.3, 0.4) is 0 Å². The minimum Gasteiger partial charge on any atom is -0.480 e. The van der Waals surface area contributed by atoms with Gasteiger partial charge in [-0.05, 0) is 20.3 Å². The lowest BCUT2D eigenvalue weighted by Gasteiger charge is -2.21. The molecule has 1 fully saturated rings. The molecular weight excluding hydrogens is 236 g/mol. The van der Waals surface area contributed by atoms with Crippen LogP contribution in [0.1, 0.15) is 33.6 Å². The van der Waals surface area contributed by atoms with E-state index in [2.05, 4.69) is 5.32 Å². The van der Waals surface area contributed by atoms with Gasteiger partial charge in [-0.15, -0.1) is 0 Å². The third-order valence-electron chi connectivity index (χ3n) is 3.18. The lowest BCUT2D eigenvalue weighted by molar-refractivity contribution is -0.142. The van der Waals surface area contributed by atoms with E-state index in [1.165, 1.54) is 0 Å². The van der Waals surface area contributed by atoms with Crippen LogP contribution in [0.25, 0.3) is 0 Å². The Hall–Kier alpha value is -1.59. The molecule has 6 nitrogen and oxygen atoms in total. The molecule has 18 heavy (non-hydrogen) atoms. The van der Waals surface area contributed by atoms with Gasteiger partial charge in [0.25, 0.3) is 0 Å². The number of nitrogens with one attached hydrogen (secondary N) is 1. The second-order valence-electron chi connectivity index (χ2n) is 4.85. The van der Waals surface area contributed by atoms with Crippen molar-refractivity contribution in [3.8, 4) is 0 Å². The Bertz CT molecular complexity index is 354. The molecule has 6 heteroatoms. The smallest absolute Gasteiger partial charge is 0.326 e. The van der Waals surface area contributed by atoms with Crippen molar-refractivity contribution in [2.45, 2.75) is 45.7 Å². The highest BCUT2D eigenvalue weighted by Gasteiger charge is 2.36.